The van der Waals surface area contributed by atoms with E-state index >= 15 is 0 Å². The van der Waals surface area contributed by atoms with E-state index in [4.69, 9.17) is 0 Å². The van der Waals surface area contributed by atoms with Gasteiger partial charge in [0.2, 0.25) is 0 Å². The maximum absolute atomic E-state index is 13.2. The van der Waals surface area contributed by atoms with Crippen LogP contribution in [-0.2, 0) is 13.0 Å². The Hall–Kier alpha value is -3.19. The van der Waals surface area contributed by atoms with Crippen LogP contribution in [0.15, 0.2) is 53.3 Å². The van der Waals surface area contributed by atoms with Crippen LogP contribution in [0.2, 0.25) is 0 Å². The zero-order chi connectivity index (χ0) is 22.5. The minimum atomic E-state index is -0.358. The minimum Gasteiger partial charge on any atom is -0.322 e. The molecule has 7 heteroatoms. The van der Waals surface area contributed by atoms with E-state index < -0.39 is 0 Å². The van der Waals surface area contributed by atoms with Crippen LogP contribution < -0.4 is 10.9 Å². The van der Waals surface area contributed by atoms with Crippen LogP contribution in [0.4, 0.5) is 14.9 Å². The fourth-order valence-electron chi connectivity index (χ4n) is 4.10. The van der Waals surface area contributed by atoms with Crippen molar-refractivity contribution in [1.82, 2.24) is 14.8 Å². The molecular formula is C25H29FN4O2. The molecule has 0 spiro atoms. The summed E-state index contributed by atoms with van der Waals surface area (Å²) < 4.78 is 13.2. The van der Waals surface area contributed by atoms with Gasteiger partial charge in [-0.2, -0.15) is 0 Å². The number of benzene rings is 2. The number of nitrogens with zero attached hydrogens (tertiary/aromatic N) is 2. The summed E-state index contributed by atoms with van der Waals surface area (Å²) in [6.07, 6.45) is 3.25. The molecule has 3 aromatic rings. The Bertz CT molecular complexity index is 1140. The molecule has 0 saturated carbocycles. The lowest BCUT2D eigenvalue weighted by molar-refractivity contribution is 0.197. The van der Waals surface area contributed by atoms with E-state index in [-0.39, 0.29) is 24.0 Å². The highest BCUT2D eigenvalue weighted by Crippen LogP contribution is 2.16. The number of aryl methyl sites for hydroxylation is 1. The number of amides is 2. The molecule has 2 amide bonds. The average molecular weight is 437 g/mol. The second kappa shape index (κ2) is 9.96. The summed E-state index contributed by atoms with van der Waals surface area (Å²) >= 11 is 0. The number of aromatic amines is 1. The first-order valence-electron chi connectivity index (χ1n) is 11.2. The molecule has 0 aliphatic carbocycles. The van der Waals surface area contributed by atoms with Gasteiger partial charge in [0, 0.05) is 29.9 Å². The van der Waals surface area contributed by atoms with Gasteiger partial charge in [-0.3, -0.25) is 4.79 Å². The van der Waals surface area contributed by atoms with E-state index in [1.807, 2.05) is 18.2 Å². The first-order chi connectivity index (χ1) is 15.5. The van der Waals surface area contributed by atoms with Crippen LogP contribution in [0.5, 0.6) is 0 Å². The number of nitrogens with one attached hydrogen (secondary N) is 2. The van der Waals surface area contributed by atoms with E-state index in [0.717, 1.165) is 37.0 Å². The molecule has 0 unspecified atom stereocenters. The first kappa shape index (κ1) is 22.0. The fraction of sp³-hybridized carbons (Fsp3) is 0.360. The third-order valence-electron chi connectivity index (χ3n) is 6.02. The number of rotatable bonds is 7. The van der Waals surface area contributed by atoms with Crippen molar-refractivity contribution in [2.75, 3.05) is 31.5 Å². The normalized spacial score (nSPS) is 14.1. The van der Waals surface area contributed by atoms with Gasteiger partial charge in [-0.05, 0) is 85.8 Å². The van der Waals surface area contributed by atoms with Crippen molar-refractivity contribution < 1.29 is 9.18 Å². The number of hydrogen-bond donors (Lipinski definition) is 2. The van der Waals surface area contributed by atoms with E-state index in [9.17, 15) is 14.0 Å². The molecule has 6 nitrogen and oxygen atoms in total. The summed E-state index contributed by atoms with van der Waals surface area (Å²) in [6, 6.07) is 13.2. The molecule has 32 heavy (non-hydrogen) atoms. The number of hydrogen-bond acceptors (Lipinski definition) is 3. The Morgan fingerprint density at radius 3 is 2.59 bits per heavy atom. The summed E-state index contributed by atoms with van der Waals surface area (Å²) in [4.78, 5) is 32.7. The number of carbonyl (C=O) groups excluding carboxylic acids is 1. The van der Waals surface area contributed by atoms with Crippen molar-refractivity contribution in [3.8, 4) is 0 Å². The van der Waals surface area contributed by atoms with Crippen LogP contribution in [0.3, 0.4) is 0 Å². The van der Waals surface area contributed by atoms with Gasteiger partial charge in [0.05, 0.1) is 6.54 Å². The maximum atomic E-state index is 13.2. The Labute approximate surface area is 187 Å². The molecule has 1 aliphatic heterocycles. The quantitative estimate of drug-likeness (QED) is 0.578. The monoisotopic (exact) mass is 436 g/mol. The highest BCUT2D eigenvalue weighted by molar-refractivity contribution is 5.89. The van der Waals surface area contributed by atoms with Gasteiger partial charge >= 0.3 is 6.03 Å². The summed E-state index contributed by atoms with van der Waals surface area (Å²) in [5.74, 6) is -0.358. The van der Waals surface area contributed by atoms with Crippen molar-refractivity contribution in [2.45, 2.75) is 32.7 Å². The SMILES string of the molecule is CCc1ccc2[nH]c(=O)c(CN(CCN3CCCC3)C(=O)Nc3ccc(F)cc3)cc2c1. The van der Waals surface area contributed by atoms with Gasteiger partial charge in [-0.15, -0.1) is 0 Å². The standard InChI is InChI=1S/C25H29FN4O2/c1-2-18-5-10-23-19(15-18)16-20(24(31)28-23)17-30(14-13-29-11-3-4-12-29)25(32)27-22-8-6-21(26)7-9-22/h5-10,15-16H,2-4,11-14,17H2,1H3,(H,27,32)(H,28,31). The smallest absolute Gasteiger partial charge is 0.322 e. The Morgan fingerprint density at radius 1 is 1.12 bits per heavy atom. The molecule has 0 atom stereocenters. The minimum absolute atomic E-state index is 0.192. The zero-order valence-corrected chi connectivity index (χ0v) is 18.4. The van der Waals surface area contributed by atoms with Crippen molar-refractivity contribution >= 4 is 22.6 Å². The number of carbonyl (C=O) groups is 1. The van der Waals surface area contributed by atoms with Crippen LogP contribution in [0.1, 0.15) is 30.9 Å². The van der Waals surface area contributed by atoms with Gasteiger partial charge in [-0.1, -0.05) is 13.0 Å². The second-order valence-corrected chi connectivity index (χ2v) is 8.31. The number of fused-ring (bicyclic) bond motifs is 1. The third-order valence-corrected chi connectivity index (χ3v) is 6.02. The van der Waals surface area contributed by atoms with Crippen molar-refractivity contribution in [3.63, 3.8) is 0 Å². The van der Waals surface area contributed by atoms with Crippen LogP contribution in [-0.4, -0.2) is 47.0 Å². The number of likely N-dealkylation sites (tertiary alicyclic amines) is 1. The molecule has 0 bridgehead atoms. The van der Waals surface area contributed by atoms with Gasteiger partial charge in [0.1, 0.15) is 5.82 Å². The number of H-pyrrole nitrogens is 1. The molecule has 1 aliphatic rings. The average Bonchev–Trinajstić information content (AvgIpc) is 3.31. The van der Waals surface area contributed by atoms with Crippen LogP contribution in [0.25, 0.3) is 10.9 Å². The Balaban J connectivity index is 1.56. The highest BCUT2D eigenvalue weighted by Gasteiger charge is 2.19. The summed E-state index contributed by atoms with van der Waals surface area (Å²) in [7, 11) is 0. The zero-order valence-electron chi connectivity index (χ0n) is 18.4. The van der Waals surface area contributed by atoms with Gasteiger partial charge in [-0.25, -0.2) is 9.18 Å². The van der Waals surface area contributed by atoms with Crippen molar-refractivity contribution in [3.05, 3.63) is 75.8 Å². The fourth-order valence-corrected chi connectivity index (χ4v) is 4.10. The second-order valence-electron chi connectivity index (χ2n) is 8.31. The number of pyridine rings is 1. The molecular weight excluding hydrogens is 407 g/mol. The maximum Gasteiger partial charge on any atom is 0.322 e. The molecule has 0 radical (unpaired) electrons. The van der Waals surface area contributed by atoms with E-state index in [1.165, 1.54) is 42.7 Å². The third kappa shape index (κ3) is 5.34. The molecule has 1 aromatic heterocycles. The van der Waals surface area contributed by atoms with Crippen molar-refractivity contribution in [2.24, 2.45) is 0 Å². The summed E-state index contributed by atoms with van der Waals surface area (Å²) in [5.41, 5.74) is 2.84. The molecule has 4 rings (SSSR count). The number of anilines is 1. The number of aromatic nitrogens is 1. The van der Waals surface area contributed by atoms with E-state index in [1.54, 1.807) is 4.90 Å². The number of halogens is 1. The van der Waals surface area contributed by atoms with E-state index in [2.05, 4.69) is 28.2 Å². The largest absolute Gasteiger partial charge is 0.322 e. The lowest BCUT2D eigenvalue weighted by Gasteiger charge is -2.26. The van der Waals surface area contributed by atoms with Crippen molar-refractivity contribution in [1.29, 1.82) is 0 Å². The lowest BCUT2D eigenvalue weighted by Crippen LogP contribution is -2.41. The predicted molar refractivity (Wildman–Crippen MR) is 125 cm³/mol. The van der Waals surface area contributed by atoms with Crippen LogP contribution in [0, 0.1) is 5.82 Å². The Morgan fingerprint density at radius 2 is 1.88 bits per heavy atom. The molecule has 2 heterocycles. The summed E-state index contributed by atoms with van der Waals surface area (Å²) in [5, 5.41) is 3.79. The predicted octanol–water partition coefficient (Wildman–Crippen LogP) is 4.36. The number of urea groups is 1. The molecule has 1 fully saturated rings. The summed E-state index contributed by atoms with van der Waals surface area (Å²) in [6.45, 7) is 5.60. The molecule has 2 aromatic carbocycles. The van der Waals surface area contributed by atoms with Crippen LogP contribution >= 0.6 is 0 Å². The highest BCUT2D eigenvalue weighted by atomic mass is 19.1. The lowest BCUT2D eigenvalue weighted by atomic mass is 10.1. The van der Waals surface area contributed by atoms with Gasteiger partial charge < -0.3 is 20.1 Å². The first-order valence-corrected chi connectivity index (χ1v) is 11.2. The molecule has 1 saturated heterocycles. The molecule has 2 N–H and O–H groups in total. The van der Waals surface area contributed by atoms with E-state index in [0.29, 0.717) is 17.8 Å². The van der Waals surface area contributed by atoms with Gasteiger partial charge in [0.15, 0.2) is 0 Å². The van der Waals surface area contributed by atoms with Gasteiger partial charge in [0.25, 0.3) is 5.56 Å². The Kier molecular flexibility index (Phi) is 6.85. The topological polar surface area (TPSA) is 68.4 Å². The molecule has 168 valence electrons.